The van der Waals surface area contributed by atoms with Gasteiger partial charge in [0, 0.05) is 29.0 Å². The summed E-state index contributed by atoms with van der Waals surface area (Å²) in [6.07, 6.45) is -1.95. The number of hydrogen-bond donors (Lipinski definition) is 3. The number of hydrogen-bond acceptors (Lipinski definition) is 5. The third-order valence-corrected chi connectivity index (χ3v) is 6.31. The number of nitrogens with one attached hydrogen (secondary N) is 1. The molecule has 0 atom stereocenters. The van der Waals surface area contributed by atoms with Crippen LogP contribution in [-0.2, 0) is 6.18 Å². The molecule has 8 nitrogen and oxygen atoms in total. The zero-order valence-corrected chi connectivity index (χ0v) is 21.1. The molecular formula is C29H21F3N4O4. The summed E-state index contributed by atoms with van der Waals surface area (Å²) in [5, 5.41) is 28.8. The third-order valence-electron chi connectivity index (χ3n) is 6.31. The summed E-state index contributed by atoms with van der Waals surface area (Å²) < 4.78 is 41.9. The van der Waals surface area contributed by atoms with Crippen LogP contribution in [0, 0.1) is 13.8 Å². The van der Waals surface area contributed by atoms with Crippen LogP contribution in [0.1, 0.15) is 27.0 Å². The molecule has 40 heavy (non-hydrogen) atoms. The zero-order chi connectivity index (χ0) is 28.8. The predicted octanol–water partition coefficient (Wildman–Crippen LogP) is 7.44. The van der Waals surface area contributed by atoms with Crippen LogP contribution in [0.4, 0.5) is 24.5 Å². The van der Waals surface area contributed by atoms with E-state index in [9.17, 15) is 33.0 Å². The first-order valence-electron chi connectivity index (χ1n) is 11.9. The lowest BCUT2D eigenvalue weighted by Crippen LogP contribution is -2.05. The molecule has 3 N–H and O–H groups in total. The molecule has 0 aliphatic carbocycles. The lowest BCUT2D eigenvalue weighted by atomic mass is 10.0. The lowest BCUT2D eigenvalue weighted by Gasteiger charge is -2.11. The number of pyridine rings is 1. The molecule has 0 saturated carbocycles. The number of aromatic hydroxyl groups is 1. The van der Waals surface area contributed by atoms with E-state index < -0.39 is 29.0 Å². The van der Waals surface area contributed by atoms with E-state index in [1.54, 1.807) is 18.2 Å². The van der Waals surface area contributed by atoms with Gasteiger partial charge in [-0.05, 0) is 73.0 Å². The quantitative estimate of drug-likeness (QED) is 0.198. The van der Waals surface area contributed by atoms with E-state index in [-0.39, 0.29) is 33.4 Å². The Kier molecular flexibility index (Phi) is 6.50. The van der Waals surface area contributed by atoms with Gasteiger partial charge >= 0.3 is 12.1 Å². The van der Waals surface area contributed by atoms with Crippen molar-refractivity contribution in [2.24, 2.45) is 10.2 Å². The predicted molar refractivity (Wildman–Crippen MR) is 143 cm³/mol. The zero-order valence-electron chi connectivity index (χ0n) is 21.1. The standard InChI is InChI=1S/C29H21F3N4O4/c1-15-8-16(2)10-20(9-15)36-24-12-19(29(30,31)32)6-7-21(24)25(27(36)38)35-34-23-14-33-13-22(26(23)37)17-4-3-5-18(11-17)28(39)40/h3-14,38H,1-2H3,(H,33,37)(H,39,40). The number of alkyl halides is 3. The fourth-order valence-electron chi connectivity index (χ4n) is 4.56. The van der Waals surface area contributed by atoms with Gasteiger partial charge in [0.1, 0.15) is 5.69 Å². The Morgan fingerprint density at radius 2 is 1.68 bits per heavy atom. The van der Waals surface area contributed by atoms with Gasteiger partial charge in [0.05, 0.1) is 16.6 Å². The molecule has 0 radical (unpaired) electrons. The minimum absolute atomic E-state index is 0.00808. The van der Waals surface area contributed by atoms with E-state index in [1.807, 2.05) is 19.9 Å². The van der Waals surface area contributed by atoms with Crippen molar-refractivity contribution in [3.8, 4) is 22.7 Å². The maximum absolute atomic E-state index is 13.6. The van der Waals surface area contributed by atoms with Crippen LogP contribution in [0.25, 0.3) is 27.7 Å². The van der Waals surface area contributed by atoms with Crippen molar-refractivity contribution in [1.82, 2.24) is 9.55 Å². The van der Waals surface area contributed by atoms with Gasteiger partial charge in [-0.1, -0.05) is 18.2 Å². The average molecular weight is 547 g/mol. The van der Waals surface area contributed by atoms with Crippen LogP contribution in [0.3, 0.4) is 0 Å². The van der Waals surface area contributed by atoms with Crippen LogP contribution >= 0.6 is 0 Å². The van der Waals surface area contributed by atoms with Crippen molar-refractivity contribution < 1.29 is 28.2 Å². The molecule has 0 bridgehead atoms. The summed E-state index contributed by atoms with van der Waals surface area (Å²) in [5.74, 6) is -1.61. The summed E-state index contributed by atoms with van der Waals surface area (Å²) in [4.78, 5) is 27.3. The first-order valence-corrected chi connectivity index (χ1v) is 11.9. The molecule has 2 heterocycles. The van der Waals surface area contributed by atoms with Crippen molar-refractivity contribution in [3.05, 3.63) is 106 Å². The average Bonchev–Trinajstić information content (AvgIpc) is 3.17. The monoisotopic (exact) mass is 546 g/mol. The normalized spacial score (nSPS) is 11.9. The minimum atomic E-state index is -4.62. The maximum atomic E-state index is 13.6. The van der Waals surface area contributed by atoms with E-state index in [4.69, 9.17) is 0 Å². The Morgan fingerprint density at radius 1 is 0.950 bits per heavy atom. The van der Waals surface area contributed by atoms with Crippen LogP contribution in [0.5, 0.6) is 5.88 Å². The Balaban J connectivity index is 1.67. The van der Waals surface area contributed by atoms with Crippen LogP contribution in [0.2, 0.25) is 0 Å². The van der Waals surface area contributed by atoms with Gasteiger partial charge < -0.3 is 15.2 Å². The fourth-order valence-corrected chi connectivity index (χ4v) is 4.56. The summed E-state index contributed by atoms with van der Waals surface area (Å²) in [5.41, 5.74) is 0.871. The third kappa shape index (κ3) is 4.84. The van der Waals surface area contributed by atoms with Crippen LogP contribution in [-0.4, -0.2) is 25.7 Å². The Morgan fingerprint density at radius 3 is 2.35 bits per heavy atom. The van der Waals surface area contributed by atoms with E-state index in [0.29, 0.717) is 11.3 Å². The van der Waals surface area contributed by atoms with Crippen LogP contribution < -0.4 is 5.43 Å². The first-order chi connectivity index (χ1) is 18.9. The number of halogens is 3. The second kappa shape index (κ2) is 9.84. The fraction of sp³-hybridized carbons (Fsp3) is 0.103. The summed E-state index contributed by atoms with van der Waals surface area (Å²) in [7, 11) is 0. The van der Waals surface area contributed by atoms with Crippen LogP contribution in [0.15, 0.2) is 88.1 Å². The number of aryl methyl sites for hydroxylation is 2. The number of azo groups is 1. The smallest absolute Gasteiger partial charge is 0.416 e. The molecule has 2 aromatic heterocycles. The highest BCUT2D eigenvalue weighted by Crippen LogP contribution is 2.43. The highest BCUT2D eigenvalue weighted by molar-refractivity contribution is 5.97. The molecule has 0 aliphatic heterocycles. The second-order valence-electron chi connectivity index (χ2n) is 9.25. The number of carboxylic acids is 1. The molecule has 5 aromatic rings. The molecule has 0 unspecified atom stereocenters. The lowest BCUT2D eigenvalue weighted by molar-refractivity contribution is -0.137. The maximum Gasteiger partial charge on any atom is 0.416 e. The SMILES string of the molecule is Cc1cc(C)cc(-n2c(O)c(N=Nc3c[nH]cc(-c4cccc(C(=O)O)c4)c3=O)c3ccc(C(F)(F)F)cc32)c1. The molecular weight excluding hydrogens is 525 g/mol. The van der Waals surface area contributed by atoms with Crippen molar-refractivity contribution in [2.75, 3.05) is 0 Å². The molecule has 0 amide bonds. The van der Waals surface area contributed by atoms with Gasteiger partial charge in [-0.3, -0.25) is 9.36 Å². The Hall–Kier alpha value is -5.19. The molecule has 11 heteroatoms. The summed E-state index contributed by atoms with van der Waals surface area (Å²) in [6, 6.07) is 14.1. The number of carboxylic acid groups (broad SMARTS) is 1. The highest BCUT2D eigenvalue weighted by atomic mass is 19.4. The molecule has 0 saturated heterocycles. The van der Waals surface area contributed by atoms with Gasteiger partial charge in [0.25, 0.3) is 0 Å². The minimum Gasteiger partial charge on any atom is -0.493 e. The number of aromatic carboxylic acids is 1. The van der Waals surface area contributed by atoms with Crippen molar-refractivity contribution in [1.29, 1.82) is 0 Å². The van der Waals surface area contributed by atoms with Gasteiger partial charge in [-0.2, -0.15) is 13.2 Å². The van der Waals surface area contributed by atoms with E-state index in [1.165, 1.54) is 41.2 Å². The number of aromatic nitrogens is 2. The van der Waals surface area contributed by atoms with E-state index >= 15 is 0 Å². The second-order valence-corrected chi connectivity index (χ2v) is 9.25. The Labute approximate surface area is 224 Å². The van der Waals surface area contributed by atoms with Gasteiger partial charge in [-0.25, -0.2) is 4.79 Å². The van der Waals surface area contributed by atoms with E-state index in [0.717, 1.165) is 23.3 Å². The molecule has 0 aliphatic rings. The van der Waals surface area contributed by atoms with Crippen molar-refractivity contribution in [3.63, 3.8) is 0 Å². The largest absolute Gasteiger partial charge is 0.493 e. The number of rotatable bonds is 5. The van der Waals surface area contributed by atoms with E-state index in [2.05, 4.69) is 15.2 Å². The number of nitrogens with zero attached hydrogens (tertiary/aromatic N) is 3. The topological polar surface area (TPSA) is 120 Å². The summed E-state index contributed by atoms with van der Waals surface area (Å²) >= 11 is 0. The summed E-state index contributed by atoms with van der Waals surface area (Å²) in [6.45, 7) is 3.65. The van der Waals surface area contributed by atoms with Gasteiger partial charge in [0.15, 0.2) is 5.69 Å². The molecule has 0 spiro atoms. The number of aromatic amines is 1. The van der Waals surface area contributed by atoms with Crippen molar-refractivity contribution in [2.45, 2.75) is 20.0 Å². The van der Waals surface area contributed by atoms with Gasteiger partial charge in [-0.15, -0.1) is 10.2 Å². The molecule has 0 fully saturated rings. The number of carbonyl (C=O) groups is 1. The van der Waals surface area contributed by atoms with Crippen molar-refractivity contribution >= 4 is 28.2 Å². The Bertz CT molecular complexity index is 1870. The highest BCUT2D eigenvalue weighted by Gasteiger charge is 2.32. The van der Waals surface area contributed by atoms with Gasteiger partial charge in [0.2, 0.25) is 11.3 Å². The molecule has 3 aromatic carbocycles. The number of fused-ring (bicyclic) bond motifs is 1. The number of benzene rings is 3. The first kappa shape index (κ1) is 26.4. The molecule has 202 valence electrons. The number of H-pyrrole nitrogens is 1. The molecule has 5 rings (SSSR count).